The number of ether oxygens (including phenoxy) is 1. The first kappa shape index (κ1) is 12.6. The molecule has 7 heteroatoms. The van der Waals surface area contributed by atoms with Gasteiger partial charge in [-0.15, -0.1) is 13.2 Å². The molecule has 0 atom stereocenters. The highest BCUT2D eigenvalue weighted by Gasteiger charge is 2.32. The maximum absolute atomic E-state index is 12.3. The fraction of sp³-hybridized carbons (Fsp3) is 0.0909. The summed E-state index contributed by atoms with van der Waals surface area (Å²) in [7, 11) is 0. The van der Waals surface area contributed by atoms with Crippen LogP contribution in [0.4, 0.5) is 13.2 Å². The van der Waals surface area contributed by atoms with Gasteiger partial charge in [-0.05, 0) is 6.07 Å². The largest absolute Gasteiger partial charge is 0.573 e. The van der Waals surface area contributed by atoms with Gasteiger partial charge in [-0.1, -0.05) is 30.4 Å². The molecule has 0 fully saturated rings. The Hall–Kier alpha value is -1.89. The summed E-state index contributed by atoms with van der Waals surface area (Å²) in [5.74, 6) is -0.308. The predicted octanol–water partition coefficient (Wildman–Crippen LogP) is 3.70. The number of para-hydroxylation sites is 1. The van der Waals surface area contributed by atoms with Crippen molar-refractivity contribution in [2.75, 3.05) is 0 Å². The Morgan fingerprint density at radius 1 is 1.17 bits per heavy atom. The number of halogens is 3. The lowest BCUT2D eigenvalue weighted by Gasteiger charge is -2.12. The van der Waals surface area contributed by atoms with Crippen LogP contribution in [0, 0.1) is 4.64 Å². The summed E-state index contributed by atoms with van der Waals surface area (Å²) in [5, 5.41) is 0. The molecule has 2 aromatic rings. The van der Waals surface area contributed by atoms with E-state index >= 15 is 0 Å². The van der Waals surface area contributed by atoms with Crippen LogP contribution in [0.25, 0.3) is 11.1 Å². The first-order valence-electron chi connectivity index (χ1n) is 4.85. The molecule has 0 aliphatic carbocycles. The Morgan fingerprint density at radius 2 is 1.89 bits per heavy atom. The number of aromatic amines is 1. The van der Waals surface area contributed by atoms with E-state index in [2.05, 4.69) is 14.7 Å². The number of hydrogen-bond donors (Lipinski definition) is 1. The molecule has 1 aromatic carbocycles. The summed E-state index contributed by atoms with van der Waals surface area (Å²) < 4.78 is 41.0. The summed E-state index contributed by atoms with van der Waals surface area (Å²) in [5.41, 5.74) is 0.622. The molecule has 0 amide bonds. The predicted molar refractivity (Wildman–Crippen MR) is 61.5 cm³/mol. The molecule has 0 radical (unpaired) electrons. The van der Waals surface area contributed by atoms with Gasteiger partial charge in [0.25, 0.3) is 0 Å². The van der Waals surface area contributed by atoms with Crippen LogP contribution in [0.1, 0.15) is 0 Å². The van der Waals surface area contributed by atoms with Crippen LogP contribution < -0.4 is 4.74 Å². The second kappa shape index (κ2) is 4.77. The van der Waals surface area contributed by atoms with Gasteiger partial charge in [-0.25, -0.2) is 4.98 Å². The smallest absolute Gasteiger partial charge is 0.405 e. The fourth-order valence-corrected chi connectivity index (χ4v) is 1.65. The zero-order valence-corrected chi connectivity index (χ0v) is 9.68. The van der Waals surface area contributed by atoms with Gasteiger partial charge in [0, 0.05) is 17.3 Å². The molecule has 0 bridgehead atoms. The number of aromatic nitrogens is 2. The first-order chi connectivity index (χ1) is 8.47. The first-order valence-corrected chi connectivity index (χ1v) is 5.26. The summed E-state index contributed by atoms with van der Waals surface area (Å²) >= 11 is 5.00. The molecule has 1 N–H and O–H groups in total. The Bertz CT molecular complexity index is 609. The third-order valence-electron chi connectivity index (χ3n) is 2.12. The average Bonchev–Trinajstić information content (AvgIpc) is 2.29. The summed E-state index contributed by atoms with van der Waals surface area (Å²) in [6, 6.07) is 5.76. The Morgan fingerprint density at radius 3 is 2.56 bits per heavy atom. The Kier molecular flexibility index (Phi) is 3.33. The minimum absolute atomic E-state index is 0.240. The van der Waals surface area contributed by atoms with Crippen molar-refractivity contribution in [2.24, 2.45) is 0 Å². The molecule has 18 heavy (non-hydrogen) atoms. The minimum atomic E-state index is -4.75. The molecular formula is C11H7F3N2OS. The number of alkyl halides is 3. The van der Waals surface area contributed by atoms with Crippen LogP contribution in [-0.4, -0.2) is 16.3 Å². The number of nitrogens with one attached hydrogen (secondary N) is 1. The van der Waals surface area contributed by atoms with Crippen molar-refractivity contribution in [3.8, 4) is 16.9 Å². The third kappa shape index (κ3) is 2.86. The van der Waals surface area contributed by atoms with Crippen molar-refractivity contribution in [3.63, 3.8) is 0 Å². The zero-order chi connectivity index (χ0) is 13.2. The molecule has 0 unspecified atom stereocenters. The van der Waals surface area contributed by atoms with Gasteiger partial charge in [0.2, 0.25) is 0 Å². The SMILES string of the molecule is FC(F)(F)Oc1ccccc1-c1cnc[nH]c1=S. The molecule has 1 aromatic heterocycles. The summed E-state index contributed by atoms with van der Waals surface area (Å²) in [6.45, 7) is 0. The van der Waals surface area contributed by atoms with E-state index in [0.717, 1.165) is 0 Å². The van der Waals surface area contributed by atoms with Crippen molar-refractivity contribution in [2.45, 2.75) is 6.36 Å². The van der Waals surface area contributed by atoms with Crippen molar-refractivity contribution in [3.05, 3.63) is 41.4 Å². The normalized spacial score (nSPS) is 11.3. The third-order valence-corrected chi connectivity index (χ3v) is 2.46. The number of H-pyrrole nitrogens is 1. The highest BCUT2D eigenvalue weighted by atomic mass is 32.1. The highest BCUT2D eigenvalue weighted by molar-refractivity contribution is 7.71. The summed E-state index contributed by atoms with van der Waals surface area (Å²) in [4.78, 5) is 6.46. The van der Waals surface area contributed by atoms with Crippen LogP contribution in [0.15, 0.2) is 36.8 Å². The quantitative estimate of drug-likeness (QED) is 0.847. The lowest BCUT2D eigenvalue weighted by Crippen LogP contribution is -2.17. The van der Waals surface area contributed by atoms with Gasteiger partial charge in [-0.2, -0.15) is 0 Å². The van der Waals surface area contributed by atoms with Gasteiger partial charge in [0.15, 0.2) is 0 Å². The number of hydrogen-bond acceptors (Lipinski definition) is 3. The highest BCUT2D eigenvalue weighted by Crippen LogP contribution is 2.33. The van der Waals surface area contributed by atoms with E-state index in [4.69, 9.17) is 12.2 Å². The van der Waals surface area contributed by atoms with Gasteiger partial charge in [0.1, 0.15) is 10.4 Å². The molecule has 2 rings (SSSR count). The van der Waals surface area contributed by atoms with Crippen molar-refractivity contribution >= 4 is 12.2 Å². The maximum Gasteiger partial charge on any atom is 0.573 e. The molecule has 0 spiro atoms. The molecule has 0 aliphatic heterocycles. The molecular weight excluding hydrogens is 265 g/mol. The van der Waals surface area contributed by atoms with Gasteiger partial charge in [-0.3, -0.25) is 0 Å². The van der Waals surface area contributed by atoms with Gasteiger partial charge in [0.05, 0.1) is 6.33 Å². The average molecular weight is 272 g/mol. The van der Waals surface area contributed by atoms with Crippen LogP contribution in [0.2, 0.25) is 0 Å². The maximum atomic E-state index is 12.3. The Labute approximate surface area is 105 Å². The van der Waals surface area contributed by atoms with Gasteiger partial charge < -0.3 is 9.72 Å². The molecule has 3 nitrogen and oxygen atoms in total. The summed E-state index contributed by atoms with van der Waals surface area (Å²) in [6.07, 6.45) is -2.00. The van der Waals surface area contributed by atoms with E-state index in [-0.39, 0.29) is 11.3 Å². The lowest BCUT2D eigenvalue weighted by molar-refractivity contribution is -0.274. The van der Waals surface area contributed by atoms with Crippen molar-refractivity contribution in [1.82, 2.24) is 9.97 Å². The zero-order valence-electron chi connectivity index (χ0n) is 8.86. The van der Waals surface area contributed by atoms with E-state index in [1.165, 1.54) is 30.7 Å². The minimum Gasteiger partial charge on any atom is -0.405 e. The van der Waals surface area contributed by atoms with E-state index in [9.17, 15) is 13.2 Å². The topological polar surface area (TPSA) is 37.9 Å². The number of nitrogens with zero attached hydrogens (tertiary/aromatic N) is 1. The molecule has 0 saturated heterocycles. The van der Waals surface area contributed by atoms with E-state index in [0.29, 0.717) is 10.2 Å². The van der Waals surface area contributed by atoms with Gasteiger partial charge >= 0.3 is 6.36 Å². The van der Waals surface area contributed by atoms with Crippen LogP contribution in [0.3, 0.4) is 0 Å². The van der Waals surface area contributed by atoms with Crippen molar-refractivity contribution < 1.29 is 17.9 Å². The van der Waals surface area contributed by atoms with Crippen LogP contribution in [-0.2, 0) is 0 Å². The molecule has 0 saturated carbocycles. The van der Waals surface area contributed by atoms with Crippen LogP contribution >= 0.6 is 12.2 Å². The van der Waals surface area contributed by atoms with E-state index < -0.39 is 6.36 Å². The number of rotatable bonds is 2. The number of benzene rings is 1. The molecule has 0 aliphatic rings. The van der Waals surface area contributed by atoms with Crippen LogP contribution in [0.5, 0.6) is 5.75 Å². The van der Waals surface area contributed by atoms with E-state index in [1.54, 1.807) is 6.07 Å². The second-order valence-corrected chi connectivity index (χ2v) is 3.75. The molecule has 1 heterocycles. The van der Waals surface area contributed by atoms with E-state index in [1.807, 2.05) is 0 Å². The Balaban J connectivity index is 2.52. The second-order valence-electron chi connectivity index (χ2n) is 3.34. The lowest BCUT2D eigenvalue weighted by atomic mass is 10.1. The monoisotopic (exact) mass is 272 g/mol. The fourth-order valence-electron chi connectivity index (χ4n) is 1.44. The van der Waals surface area contributed by atoms with Crippen molar-refractivity contribution in [1.29, 1.82) is 0 Å². The molecule has 94 valence electrons. The standard InChI is InChI=1S/C11H7F3N2OS/c12-11(13,14)17-9-4-2-1-3-7(9)8-5-15-6-16-10(8)18/h1-6H,(H,15,16,18).